The average molecular weight is 286 g/mol. The predicted molar refractivity (Wildman–Crippen MR) is 86.3 cm³/mol. The minimum atomic E-state index is 0.545. The number of hydrogen-bond acceptors (Lipinski definition) is 3. The van der Waals surface area contributed by atoms with Gasteiger partial charge in [-0.25, -0.2) is 4.98 Å². The van der Waals surface area contributed by atoms with Crippen molar-refractivity contribution in [3.05, 3.63) is 47.5 Å². The zero-order chi connectivity index (χ0) is 15.1. The highest BCUT2D eigenvalue weighted by Crippen LogP contribution is 2.05. The highest BCUT2D eigenvalue weighted by molar-refractivity contribution is 5.14. The second-order valence-electron chi connectivity index (χ2n) is 5.66. The van der Waals surface area contributed by atoms with Crippen LogP contribution in [0.2, 0.25) is 0 Å². The van der Waals surface area contributed by atoms with E-state index in [-0.39, 0.29) is 0 Å². The van der Waals surface area contributed by atoms with Crippen molar-refractivity contribution in [2.75, 3.05) is 6.54 Å². The van der Waals surface area contributed by atoms with Gasteiger partial charge in [-0.15, -0.1) is 0 Å². The molecule has 21 heavy (non-hydrogen) atoms. The van der Waals surface area contributed by atoms with Crippen LogP contribution in [-0.2, 0) is 13.0 Å². The molecule has 0 saturated heterocycles. The van der Waals surface area contributed by atoms with E-state index in [0.29, 0.717) is 6.04 Å². The van der Waals surface area contributed by atoms with Gasteiger partial charge in [0.15, 0.2) is 0 Å². The van der Waals surface area contributed by atoms with Crippen molar-refractivity contribution >= 4 is 0 Å². The Labute approximate surface area is 127 Å². The maximum absolute atomic E-state index is 4.38. The Hall–Kier alpha value is -1.68. The highest BCUT2D eigenvalue weighted by atomic mass is 15.3. The molecule has 0 aliphatic carbocycles. The smallest absolute Gasteiger partial charge is 0.147 e. The first-order chi connectivity index (χ1) is 10.1. The fourth-order valence-corrected chi connectivity index (χ4v) is 2.48. The van der Waals surface area contributed by atoms with Gasteiger partial charge in [-0.1, -0.05) is 30.3 Å². The lowest BCUT2D eigenvalue weighted by Gasteiger charge is -2.13. The van der Waals surface area contributed by atoms with Crippen LogP contribution in [0.1, 0.15) is 37.0 Å². The molecule has 2 rings (SSSR count). The van der Waals surface area contributed by atoms with Crippen molar-refractivity contribution in [3.8, 4) is 0 Å². The third-order valence-corrected chi connectivity index (χ3v) is 3.71. The van der Waals surface area contributed by atoms with Crippen molar-refractivity contribution in [3.63, 3.8) is 0 Å². The molecule has 1 aromatic heterocycles. The molecule has 1 aromatic carbocycles. The Kier molecular flexibility index (Phi) is 5.93. The van der Waals surface area contributed by atoms with Gasteiger partial charge in [-0.3, -0.25) is 4.68 Å². The third kappa shape index (κ3) is 5.31. The van der Waals surface area contributed by atoms with Crippen LogP contribution in [0.5, 0.6) is 0 Å². The van der Waals surface area contributed by atoms with E-state index in [1.165, 1.54) is 12.0 Å². The van der Waals surface area contributed by atoms with Gasteiger partial charge in [-0.2, -0.15) is 5.10 Å². The zero-order valence-electron chi connectivity index (χ0n) is 13.3. The first-order valence-electron chi connectivity index (χ1n) is 7.80. The molecule has 2 aromatic rings. The molecule has 1 N–H and O–H groups in total. The summed E-state index contributed by atoms with van der Waals surface area (Å²) in [7, 11) is 0. The number of rotatable bonds is 8. The van der Waals surface area contributed by atoms with E-state index in [2.05, 4.69) is 52.7 Å². The molecular formula is C17H26N4. The SMILES string of the molecule is Cc1nc(C)n(CCCNC(C)CCc2ccccc2)n1. The van der Waals surface area contributed by atoms with E-state index in [1.807, 2.05) is 18.5 Å². The quantitative estimate of drug-likeness (QED) is 0.759. The molecule has 0 radical (unpaired) electrons. The summed E-state index contributed by atoms with van der Waals surface area (Å²) in [4.78, 5) is 4.32. The van der Waals surface area contributed by atoms with E-state index < -0.39 is 0 Å². The summed E-state index contributed by atoms with van der Waals surface area (Å²) >= 11 is 0. The molecule has 4 heteroatoms. The van der Waals surface area contributed by atoms with Crippen LogP contribution in [-0.4, -0.2) is 27.4 Å². The average Bonchev–Trinajstić information content (AvgIpc) is 2.80. The van der Waals surface area contributed by atoms with Crippen LogP contribution in [0, 0.1) is 13.8 Å². The van der Waals surface area contributed by atoms with Crippen LogP contribution in [0.3, 0.4) is 0 Å². The van der Waals surface area contributed by atoms with Gasteiger partial charge in [0.1, 0.15) is 11.6 Å². The monoisotopic (exact) mass is 286 g/mol. The minimum Gasteiger partial charge on any atom is -0.314 e. The molecule has 1 heterocycles. The van der Waals surface area contributed by atoms with Crippen molar-refractivity contribution in [2.45, 2.75) is 52.6 Å². The number of nitrogens with one attached hydrogen (secondary N) is 1. The van der Waals surface area contributed by atoms with Crippen molar-refractivity contribution in [1.82, 2.24) is 20.1 Å². The van der Waals surface area contributed by atoms with Crippen LogP contribution in [0.15, 0.2) is 30.3 Å². The van der Waals surface area contributed by atoms with Crippen molar-refractivity contribution in [2.24, 2.45) is 0 Å². The lowest BCUT2D eigenvalue weighted by atomic mass is 10.1. The van der Waals surface area contributed by atoms with E-state index in [0.717, 1.165) is 37.6 Å². The van der Waals surface area contributed by atoms with E-state index in [4.69, 9.17) is 0 Å². The Morgan fingerprint density at radius 2 is 1.95 bits per heavy atom. The molecule has 1 unspecified atom stereocenters. The summed E-state index contributed by atoms with van der Waals surface area (Å²) in [6.45, 7) is 8.16. The summed E-state index contributed by atoms with van der Waals surface area (Å²) in [6.07, 6.45) is 3.39. The summed E-state index contributed by atoms with van der Waals surface area (Å²) < 4.78 is 1.99. The van der Waals surface area contributed by atoms with E-state index >= 15 is 0 Å². The number of hydrogen-bond donors (Lipinski definition) is 1. The standard InChI is InChI=1S/C17H26N4/c1-14(10-11-17-8-5-4-6-9-17)18-12-7-13-21-16(3)19-15(2)20-21/h4-6,8-9,14,18H,7,10-13H2,1-3H3. The van der Waals surface area contributed by atoms with Gasteiger partial charge in [0.25, 0.3) is 0 Å². The van der Waals surface area contributed by atoms with Gasteiger partial charge in [0, 0.05) is 12.6 Å². The summed E-state index contributed by atoms with van der Waals surface area (Å²) in [5.74, 6) is 1.86. The number of benzene rings is 1. The molecule has 4 nitrogen and oxygen atoms in total. The van der Waals surface area contributed by atoms with Crippen LogP contribution in [0.4, 0.5) is 0 Å². The normalized spacial score (nSPS) is 12.5. The number of aryl methyl sites for hydroxylation is 4. The molecule has 0 saturated carbocycles. The molecule has 1 atom stereocenters. The number of nitrogens with zero attached hydrogens (tertiary/aromatic N) is 3. The van der Waals surface area contributed by atoms with Crippen LogP contribution in [0.25, 0.3) is 0 Å². The second kappa shape index (κ2) is 7.93. The summed E-state index contributed by atoms with van der Waals surface area (Å²) in [6, 6.07) is 11.2. The van der Waals surface area contributed by atoms with Crippen molar-refractivity contribution < 1.29 is 0 Å². The zero-order valence-corrected chi connectivity index (χ0v) is 13.3. The van der Waals surface area contributed by atoms with Gasteiger partial charge in [0.2, 0.25) is 0 Å². The van der Waals surface area contributed by atoms with Crippen molar-refractivity contribution in [1.29, 1.82) is 0 Å². The first-order valence-corrected chi connectivity index (χ1v) is 7.80. The minimum absolute atomic E-state index is 0.545. The Balaban J connectivity index is 1.61. The largest absolute Gasteiger partial charge is 0.314 e. The predicted octanol–water partition coefficient (Wildman–Crippen LogP) is 2.90. The number of aromatic nitrogens is 3. The lowest BCUT2D eigenvalue weighted by Crippen LogP contribution is -2.28. The fourth-order valence-electron chi connectivity index (χ4n) is 2.48. The van der Waals surface area contributed by atoms with Crippen LogP contribution >= 0.6 is 0 Å². The van der Waals surface area contributed by atoms with Crippen LogP contribution < -0.4 is 5.32 Å². The second-order valence-corrected chi connectivity index (χ2v) is 5.66. The Bertz CT molecular complexity index is 533. The topological polar surface area (TPSA) is 42.7 Å². The molecule has 114 valence electrons. The summed E-state index contributed by atoms with van der Waals surface area (Å²) in [5.41, 5.74) is 1.42. The third-order valence-electron chi connectivity index (χ3n) is 3.71. The molecule has 0 aliphatic rings. The molecule has 0 spiro atoms. The molecule has 0 bridgehead atoms. The van der Waals surface area contributed by atoms with Gasteiger partial charge in [0.05, 0.1) is 0 Å². The highest BCUT2D eigenvalue weighted by Gasteiger charge is 2.04. The first kappa shape index (κ1) is 15.7. The molecule has 0 amide bonds. The fraction of sp³-hybridized carbons (Fsp3) is 0.529. The Morgan fingerprint density at radius 1 is 1.19 bits per heavy atom. The molecule has 0 aliphatic heterocycles. The lowest BCUT2D eigenvalue weighted by molar-refractivity contribution is 0.474. The van der Waals surface area contributed by atoms with Gasteiger partial charge in [-0.05, 0) is 52.1 Å². The maximum Gasteiger partial charge on any atom is 0.147 e. The van der Waals surface area contributed by atoms with Gasteiger partial charge < -0.3 is 5.32 Å². The van der Waals surface area contributed by atoms with E-state index in [9.17, 15) is 0 Å². The molecule has 0 fully saturated rings. The maximum atomic E-state index is 4.38. The van der Waals surface area contributed by atoms with E-state index in [1.54, 1.807) is 0 Å². The molecular weight excluding hydrogens is 260 g/mol. The van der Waals surface area contributed by atoms with Gasteiger partial charge >= 0.3 is 0 Å². The summed E-state index contributed by atoms with van der Waals surface area (Å²) in [5, 5.41) is 7.97. The Morgan fingerprint density at radius 3 is 2.62 bits per heavy atom.